The summed E-state index contributed by atoms with van der Waals surface area (Å²) in [7, 11) is 0. The molecule has 1 heterocycles. The van der Waals surface area contributed by atoms with Crippen LogP contribution >= 0.6 is 27.3 Å². The molecule has 2 rings (SSSR count). The number of halogens is 1. The molecule has 0 saturated carbocycles. The van der Waals surface area contributed by atoms with Crippen LogP contribution in [0.5, 0.6) is 10.8 Å². The molecule has 0 spiro atoms. The molecular formula is C10H7BrOS. The molecule has 0 radical (unpaired) electrons. The van der Waals surface area contributed by atoms with Crippen LogP contribution in [-0.2, 0) is 0 Å². The third-order valence-corrected chi connectivity index (χ3v) is 2.80. The van der Waals surface area contributed by atoms with Crippen LogP contribution in [0.2, 0.25) is 0 Å². The molecule has 3 heteroatoms. The molecule has 66 valence electrons. The monoisotopic (exact) mass is 254 g/mol. The largest absolute Gasteiger partial charge is 0.447 e. The Morgan fingerprint density at radius 3 is 2.46 bits per heavy atom. The zero-order chi connectivity index (χ0) is 9.10. The molecule has 0 aliphatic carbocycles. The van der Waals surface area contributed by atoms with Gasteiger partial charge in [-0.05, 0) is 41.8 Å². The molecule has 13 heavy (non-hydrogen) atoms. The van der Waals surface area contributed by atoms with Gasteiger partial charge >= 0.3 is 0 Å². The van der Waals surface area contributed by atoms with E-state index in [-0.39, 0.29) is 0 Å². The van der Waals surface area contributed by atoms with Crippen molar-refractivity contribution in [1.82, 2.24) is 0 Å². The van der Waals surface area contributed by atoms with Gasteiger partial charge in [0.25, 0.3) is 0 Å². The Hall–Kier alpha value is -0.800. The fraction of sp³-hybridized carbons (Fsp3) is 0. The highest BCUT2D eigenvalue weighted by molar-refractivity contribution is 9.10. The first-order chi connectivity index (χ1) is 6.34. The number of hydrogen-bond acceptors (Lipinski definition) is 2. The molecule has 0 N–H and O–H groups in total. The average molecular weight is 255 g/mol. The van der Waals surface area contributed by atoms with Crippen LogP contribution in [0, 0.1) is 0 Å². The minimum Gasteiger partial charge on any atom is -0.447 e. The van der Waals surface area contributed by atoms with Crippen molar-refractivity contribution >= 4 is 27.3 Å². The average Bonchev–Trinajstić information content (AvgIpc) is 2.62. The first kappa shape index (κ1) is 8.78. The van der Waals surface area contributed by atoms with Crippen LogP contribution in [0.15, 0.2) is 46.3 Å². The first-order valence-electron chi connectivity index (χ1n) is 3.81. The minimum atomic E-state index is 0.866. The van der Waals surface area contributed by atoms with Crippen molar-refractivity contribution in [2.24, 2.45) is 0 Å². The Bertz CT molecular complexity index is 366. The van der Waals surface area contributed by atoms with E-state index in [0.717, 1.165) is 15.3 Å². The summed E-state index contributed by atoms with van der Waals surface area (Å²) in [5.41, 5.74) is 0. The third-order valence-electron chi connectivity index (χ3n) is 1.53. The van der Waals surface area contributed by atoms with Crippen molar-refractivity contribution in [3.05, 3.63) is 46.3 Å². The van der Waals surface area contributed by atoms with Gasteiger partial charge in [-0.25, -0.2) is 0 Å². The molecule has 0 amide bonds. The Morgan fingerprint density at radius 2 is 1.85 bits per heavy atom. The normalized spacial score (nSPS) is 9.92. The van der Waals surface area contributed by atoms with E-state index < -0.39 is 0 Å². The smallest absolute Gasteiger partial charge is 0.180 e. The van der Waals surface area contributed by atoms with E-state index in [2.05, 4.69) is 15.9 Å². The van der Waals surface area contributed by atoms with Gasteiger partial charge in [0.15, 0.2) is 5.06 Å². The molecule has 1 aromatic carbocycles. The number of rotatable bonds is 2. The Kier molecular flexibility index (Phi) is 2.66. The van der Waals surface area contributed by atoms with Crippen molar-refractivity contribution in [2.45, 2.75) is 0 Å². The van der Waals surface area contributed by atoms with Gasteiger partial charge in [-0.3, -0.25) is 0 Å². The molecule has 0 saturated heterocycles. The Balaban J connectivity index is 2.15. The fourth-order valence-corrected chi connectivity index (χ4v) is 1.80. The highest BCUT2D eigenvalue weighted by atomic mass is 79.9. The summed E-state index contributed by atoms with van der Waals surface area (Å²) in [5.74, 6) is 0.866. The van der Waals surface area contributed by atoms with Gasteiger partial charge in [0.1, 0.15) is 5.75 Å². The number of ether oxygens (including phenoxy) is 1. The maximum atomic E-state index is 5.57. The summed E-state index contributed by atoms with van der Waals surface area (Å²) < 4.78 is 6.63. The lowest BCUT2D eigenvalue weighted by atomic mass is 10.3. The van der Waals surface area contributed by atoms with Gasteiger partial charge in [0.2, 0.25) is 0 Å². The number of hydrogen-bond donors (Lipinski definition) is 0. The van der Waals surface area contributed by atoms with Gasteiger partial charge in [0, 0.05) is 4.47 Å². The van der Waals surface area contributed by atoms with Crippen molar-refractivity contribution in [3.63, 3.8) is 0 Å². The van der Waals surface area contributed by atoms with Gasteiger partial charge in [-0.1, -0.05) is 15.9 Å². The minimum absolute atomic E-state index is 0.866. The van der Waals surface area contributed by atoms with Crippen LogP contribution in [0.25, 0.3) is 0 Å². The molecule has 0 aliphatic rings. The predicted molar refractivity (Wildman–Crippen MR) is 58.5 cm³/mol. The summed E-state index contributed by atoms with van der Waals surface area (Å²) >= 11 is 4.96. The predicted octanol–water partition coefficient (Wildman–Crippen LogP) is 4.30. The SMILES string of the molecule is Brc1ccc(Oc2cccs2)cc1. The van der Waals surface area contributed by atoms with Crippen molar-refractivity contribution in [3.8, 4) is 10.8 Å². The molecule has 0 atom stereocenters. The molecule has 1 nitrogen and oxygen atoms in total. The van der Waals surface area contributed by atoms with E-state index in [1.165, 1.54) is 0 Å². The molecule has 0 unspecified atom stereocenters. The van der Waals surface area contributed by atoms with E-state index in [1.54, 1.807) is 11.3 Å². The van der Waals surface area contributed by atoms with Crippen LogP contribution < -0.4 is 4.74 Å². The molecule has 2 aromatic rings. The standard InChI is InChI=1S/C10H7BrOS/c11-8-3-5-9(6-4-8)12-10-2-1-7-13-10/h1-7H. The Morgan fingerprint density at radius 1 is 1.08 bits per heavy atom. The fourth-order valence-electron chi connectivity index (χ4n) is 0.940. The first-order valence-corrected chi connectivity index (χ1v) is 5.49. The van der Waals surface area contributed by atoms with Crippen molar-refractivity contribution in [2.75, 3.05) is 0 Å². The quantitative estimate of drug-likeness (QED) is 0.777. The van der Waals surface area contributed by atoms with Crippen LogP contribution in [0.4, 0.5) is 0 Å². The third kappa shape index (κ3) is 2.32. The molecular weight excluding hydrogens is 248 g/mol. The lowest BCUT2D eigenvalue weighted by molar-refractivity contribution is 0.496. The van der Waals surface area contributed by atoms with E-state index in [1.807, 2.05) is 41.8 Å². The highest BCUT2D eigenvalue weighted by Crippen LogP contribution is 2.26. The van der Waals surface area contributed by atoms with Gasteiger partial charge in [-0.15, -0.1) is 11.3 Å². The van der Waals surface area contributed by atoms with Crippen molar-refractivity contribution in [1.29, 1.82) is 0 Å². The summed E-state index contributed by atoms with van der Waals surface area (Å²) in [6.45, 7) is 0. The zero-order valence-electron chi connectivity index (χ0n) is 6.74. The van der Waals surface area contributed by atoms with Gasteiger partial charge < -0.3 is 4.74 Å². The van der Waals surface area contributed by atoms with Crippen LogP contribution in [-0.4, -0.2) is 0 Å². The summed E-state index contributed by atoms with van der Waals surface area (Å²) in [4.78, 5) is 0. The maximum Gasteiger partial charge on any atom is 0.180 e. The lowest BCUT2D eigenvalue weighted by Gasteiger charge is -2.01. The molecule has 0 fully saturated rings. The summed E-state index contributed by atoms with van der Waals surface area (Å²) in [6.07, 6.45) is 0. The summed E-state index contributed by atoms with van der Waals surface area (Å²) in [6, 6.07) is 11.7. The highest BCUT2D eigenvalue weighted by Gasteiger charge is 1.96. The molecule has 1 aromatic heterocycles. The van der Waals surface area contributed by atoms with E-state index in [4.69, 9.17) is 4.74 Å². The molecule has 0 aliphatic heterocycles. The molecule has 0 bridgehead atoms. The Labute approximate surface area is 89.1 Å². The van der Waals surface area contributed by atoms with Crippen molar-refractivity contribution < 1.29 is 4.74 Å². The number of thiophene rings is 1. The second-order valence-corrected chi connectivity index (χ2v) is 4.31. The topological polar surface area (TPSA) is 9.23 Å². The van der Waals surface area contributed by atoms with Gasteiger partial charge in [-0.2, -0.15) is 0 Å². The maximum absolute atomic E-state index is 5.57. The van der Waals surface area contributed by atoms with Crippen LogP contribution in [0.3, 0.4) is 0 Å². The summed E-state index contributed by atoms with van der Waals surface area (Å²) in [5, 5.41) is 2.91. The second kappa shape index (κ2) is 3.94. The van der Waals surface area contributed by atoms with E-state index in [0.29, 0.717) is 0 Å². The number of benzene rings is 1. The second-order valence-electron chi connectivity index (χ2n) is 2.49. The lowest BCUT2D eigenvalue weighted by Crippen LogP contribution is -1.78. The zero-order valence-corrected chi connectivity index (χ0v) is 9.14. The van der Waals surface area contributed by atoms with Crippen LogP contribution in [0.1, 0.15) is 0 Å². The van der Waals surface area contributed by atoms with E-state index >= 15 is 0 Å². The van der Waals surface area contributed by atoms with Gasteiger partial charge in [0.05, 0.1) is 0 Å². The van der Waals surface area contributed by atoms with E-state index in [9.17, 15) is 0 Å².